The Bertz CT molecular complexity index is 3140. The minimum atomic E-state index is -0.623. The SMILES string of the molecule is NC(=NC(=NCc1ccccc1)c1cccc2c1-c1ccccc1C21c2ccccc2-c2c(-c3nc(-c4ccccc4)c4ccccc4n3)cccc21)c1ccccc1. The number of hydrogen-bond acceptors (Lipinski definition) is 3. The van der Waals surface area contributed by atoms with Gasteiger partial charge in [0.25, 0.3) is 0 Å². The Labute approximate surface area is 343 Å². The molecule has 2 aliphatic carbocycles. The van der Waals surface area contributed by atoms with Crippen LogP contribution in [0.1, 0.15) is 38.9 Å². The van der Waals surface area contributed by atoms with Gasteiger partial charge in [0.05, 0.1) is 23.2 Å². The first kappa shape index (κ1) is 34.5. The first-order valence-corrected chi connectivity index (χ1v) is 20.0. The van der Waals surface area contributed by atoms with Gasteiger partial charge >= 0.3 is 0 Å². The zero-order chi connectivity index (χ0) is 39.3. The molecule has 1 heterocycles. The molecule has 0 fully saturated rings. The molecule has 0 aliphatic heterocycles. The second-order valence-corrected chi connectivity index (χ2v) is 15.1. The number of nitrogens with two attached hydrogens (primary N) is 1. The second-order valence-electron chi connectivity index (χ2n) is 15.1. The largest absolute Gasteiger partial charge is 0.383 e. The van der Waals surface area contributed by atoms with E-state index in [-0.39, 0.29) is 0 Å². The normalized spacial score (nSPS) is 15.2. The summed E-state index contributed by atoms with van der Waals surface area (Å²) in [7, 11) is 0. The molecule has 5 heteroatoms. The van der Waals surface area contributed by atoms with Crippen LogP contribution in [0.4, 0.5) is 0 Å². The Hall–Kier alpha value is -7.76. The summed E-state index contributed by atoms with van der Waals surface area (Å²) in [6.45, 7) is 0.462. The lowest BCUT2D eigenvalue weighted by Crippen LogP contribution is -2.26. The molecule has 1 spiro atoms. The number of nitrogens with zero attached hydrogens (tertiary/aromatic N) is 4. The van der Waals surface area contributed by atoms with Gasteiger partial charge in [-0.2, -0.15) is 0 Å². The highest BCUT2D eigenvalue weighted by atomic mass is 15.0. The predicted molar refractivity (Wildman–Crippen MR) is 241 cm³/mol. The summed E-state index contributed by atoms with van der Waals surface area (Å²) in [5.41, 5.74) is 22.4. The fraction of sp³-hybridized carbons (Fsp3) is 0.0370. The molecule has 9 aromatic rings. The Balaban J connectivity index is 1.17. The van der Waals surface area contributed by atoms with Crippen LogP contribution in [0.3, 0.4) is 0 Å². The van der Waals surface area contributed by atoms with Crippen LogP contribution in [-0.4, -0.2) is 21.6 Å². The summed E-state index contributed by atoms with van der Waals surface area (Å²) in [5.74, 6) is 1.72. The van der Waals surface area contributed by atoms with E-state index < -0.39 is 5.41 Å². The molecule has 1 aromatic heterocycles. The first-order chi connectivity index (χ1) is 29.2. The van der Waals surface area contributed by atoms with E-state index in [4.69, 9.17) is 25.7 Å². The van der Waals surface area contributed by atoms with Gasteiger partial charge in [-0.25, -0.2) is 15.0 Å². The Morgan fingerprint density at radius 3 is 1.80 bits per heavy atom. The summed E-state index contributed by atoms with van der Waals surface area (Å²) >= 11 is 0. The van der Waals surface area contributed by atoms with Gasteiger partial charge in [-0.15, -0.1) is 0 Å². The van der Waals surface area contributed by atoms with Crippen molar-refractivity contribution >= 4 is 22.6 Å². The molecule has 5 nitrogen and oxygen atoms in total. The maximum atomic E-state index is 6.80. The van der Waals surface area contributed by atoms with Crippen molar-refractivity contribution in [3.8, 4) is 44.9 Å². The summed E-state index contributed by atoms with van der Waals surface area (Å²) in [4.78, 5) is 21.0. The van der Waals surface area contributed by atoms with Crippen molar-refractivity contribution in [2.75, 3.05) is 0 Å². The van der Waals surface area contributed by atoms with E-state index in [1.54, 1.807) is 0 Å². The lowest BCUT2D eigenvalue weighted by molar-refractivity contribution is 0.793. The number of hydrogen-bond donors (Lipinski definition) is 1. The Morgan fingerprint density at radius 1 is 0.492 bits per heavy atom. The van der Waals surface area contributed by atoms with Crippen LogP contribution < -0.4 is 5.73 Å². The van der Waals surface area contributed by atoms with E-state index in [1.807, 2.05) is 60.7 Å². The van der Waals surface area contributed by atoms with Gasteiger partial charge in [0.1, 0.15) is 5.84 Å². The number of benzene rings is 8. The van der Waals surface area contributed by atoms with Crippen molar-refractivity contribution in [1.82, 2.24) is 9.97 Å². The zero-order valence-electron chi connectivity index (χ0n) is 32.1. The number of rotatable bonds is 6. The molecule has 2 aliphatic rings. The summed E-state index contributed by atoms with van der Waals surface area (Å²) in [6.07, 6.45) is 0. The van der Waals surface area contributed by atoms with E-state index in [2.05, 4.69) is 140 Å². The lowest BCUT2D eigenvalue weighted by atomic mass is 9.70. The highest BCUT2D eigenvalue weighted by Gasteiger charge is 2.53. The van der Waals surface area contributed by atoms with Crippen molar-refractivity contribution in [1.29, 1.82) is 0 Å². The lowest BCUT2D eigenvalue weighted by Gasteiger charge is -2.30. The van der Waals surface area contributed by atoms with Crippen molar-refractivity contribution in [2.45, 2.75) is 12.0 Å². The van der Waals surface area contributed by atoms with Gasteiger partial charge in [-0.1, -0.05) is 194 Å². The number of para-hydroxylation sites is 1. The first-order valence-electron chi connectivity index (χ1n) is 20.0. The van der Waals surface area contributed by atoms with E-state index in [1.165, 1.54) is 27.8 Å². The molecule has 278 valence electrons. The van der Waals surface area contributed by atoms with E-state index in [0.717, 1.165) is 61.1 Å². The number of aromatic nitrogens is 2. The van der Waals surface area contributed by atoms with Gasteiger partial charge in [0.15, 0.2) is 11.7 Å². The average molecular weight is 756 g/mol. The fourth-order valence-corrected chi connectivity index (χ4v) is 9.34. The maximum absolute atomic E-state index is 6.80. The topological polar surface area (TPSA) is 76.5 Å². The molecule has 0 saturated heterocycles. The molecule has 8 aromatic carbocycles. The predicted octanol–water partition coefficient (Wildman–Crippen LogP) is 11.7. The van der Waals surface area contributed by atoms with Gasteiger partial charge in [0.2, 0.25) is 0 Å². The third-order valence-corrected chi connectivity index (χ3v) is 11.8. The van der Waals surface area contributed by atoms with E-state index >= 15 is 0 Å². The van der Waals surface area contributed by atoms with E-state index in [0.29, 0.717) is 24.0 Å². The van der Waals surface area contributed by atoms with Crippen LogP contribution in [0.2, 0.25) is 0 Å². The molecule has 2 N–H and O–H groups in total. The molecular formula is C54H37N5. The van der Waals surface area contributed by atoms with E-state index in [9.17, 15) is 0 Å². The molecular weight excluding hydrogens is 719 g/mol. The fourth-order valence-electron chi connectivity index (χ4n) is 9.34. The van der Waals surface area contributed by atoms with Crippen molar-refractivity contribution in [3.05, 3.63) is 239 Å². The summed E-state index contributed by atoms with van der Waals surface area (Å²) in [6, 6.07) is 69.8. The summed E-state index contributed by atoms with van der Waals surface area (Å²) < 4.78 is 0. The van der Waals surface area contributed by atoms with Gasteiger partial charge in [0, 0.05) is 27.6 Å². The highest BCUT2D eigenvalue weighted by Crippen LogP contribution is 2.64. The van der Waals surface area contributed by atoms with Gasteiger partial charge < -0.3 is 5.73 Å². The highest BCUT2D eigenvalue weighted by molar-refractivity contribution is 6.15. The molecule has 1 atom stereocenters. The monoisotopic (exact) mass is 755 g/mol. The third-order valence-electron chi connectivity index (χ3n) is 11.8. The van der Waals surface area contributed by atoms with Gasteiger partial charge in [-0.05, 0) is 56.1 Å². The average Bonchev–Trinajstić information content (AvgIpc) is 3.78. The van der Waals surface area contributed by atoms with Crippen LogP contribution in [0.15, 0.2) is 210 Å². The molecule has 1 unspecified atom stereocenters. The van der Waals surface area contributed by atoms with Crippen molar-refractivity contribution in [2.24, 2.45) is 15.7 Å². The molecule has 0 radical (unpaired) electrons. The molecule has 0 amide bonds. The Morgan fingerprint density at radius 2 is 1.05 bits per heavy atom. The van der Waals surface area contributed by atoms with Gasteiger partial charge in [-0.3, -0.25) is 4.99 Å². The summed E-state index contributed by atoms with van der Waals surface area (Å²) in [5, 5.41) is 1.03. The molecule has 11 rings (SSSR count). The number of fused-ring (bicyclic) bond motifs is 11. The zero-order valence-corrected chi connectivity index (χ0v) is 32.1. The molecule has 0 bridgehead atoms. The maximum Gasteiger partial charge on any atom is 0.161 e. The Kier molecular flexibility index (Phi) is 8.19. The number of aliphatic imine (C=N–C) groups is 2. The molecule has 0 saturated carbocycles. The van der Waals surface area contributed by atoms with Crippen LogP contribution in [0, 0.1) is 0 Å². The quantitative estimate of drug-likeness (QED) is 0.136. The molecule has 59 heavy (non-hydrogen) atoms. The van der Waals surface area contributed by atoms with Crippen molar-refractivity contribution in [3.63, 3.8) is 0 Å². The van der Waals surface area contributed by atoms with Crippen LogP contribution in [-0.2, 0) is 12.0 Å². The van der Waals surface area contributed by atoms with Crippen LogP contribution >= 0.6 is 0 Å². The second kappa shape index (κ2) is 14.0. The standard InChI is InChI=1S/C54H37N5/c55-51(37-22-8-3-9-23-37)59-52(56-34-35-18-4-1-5-19-35)41-27-16-31-45-48(41)38-24-10-13-29-43(38)54(45)44-30-14-11-25-39(44)49-42(28-17-32-46(49)54)53-57-47-33-15-12-26-40(47)50(58-53)36-20-6-2-7-21-36/h1-33H,34H2,(H2,55,56,59). The third kappa shape index (κ3) is 5.47. The van der Waals surface area contributed by atoms with Crippen LogP contribution in [0.25, 0.3) is 55.8 Å². The van der Waals surface area contributed by atoms with Crippen molar-refractivity contribution < 1.29 is 0 Å². The van der Waals surface area contributed by atoms with Crippen LogP contribution in [0.5, 0.6) is 0 Å². The smallest absolute Gasteiger partial charge is 0.161 e. The minimum Gasteiger partial charge on any atom is -0.383 e. The number of amidine groups is 2. The minimum absolute atomic E-state index is 0.419.